The second-order valence-electron chi connectivity index (χ2n) is 14.9. The molecule has 254 valence electrons. The van der Waals surface area contributed by atoms with Crippen LogP contribution in [0.1, 0.15) is 69.5 Å². The molecule has 9 nitrogen and oxygen atoms in total. The minimum absolute atomic E-state index is 0.0382. The molecule has 6 rings (SSSR count). The zero-order valence-corrected chi connectivity index (χ0v) is 28.4. The number of aromatic nitrogens is 1. The van der Waals surface area contributed by atoms with Crippen molar-refractivity contribution in [3.8, 4) is 0 Å². The second-order valence-corrected chi connectivity index (χ2v) is 14.9. The molecule has 0 unspecified atom stereocenters. The van der Waals surface area contributed by atoms with E-state index in [2.05, 4.69) is 18.8 Å². The van der Waals surface area contributed by atoms with Crippen LogP contribution in [0.3, 0.4) is 0 Å². The first-order valence-electron chi connectivity index (χ1n) is 16.4. The number of halogens is 2. The number of hydrogen-bond donors (Lipinski definition) is 0. The standard InChI is InChI=1S/C37H43F2N5O4/c1-23-17-41(21-33(45)44-22-37(5,6)30-16-40-29(15-31(30)44)13-24-7-10-27(38)11-8-24)32(20-43(23)35(47)48-36(2,3)4)34(46)42-18-25-9-12-28(39)14-26(25)19-42/h7-12,14-16,23,32H,13,17-22H2,1-6H3/t23-,32+/m1/s1. The summed E-state index contributed by atoms with van der Waals surface area (Å²) in [7, 11) is 0. The van der Waals surface area contributed by atoms with Crippen molar-refractivity contribution in [2.75, 3.05) is 31.1 Å². The number of anilines is 1. The Labute approximate surface area is 280 Å². The zero-order valence-electron chi connectivity index (χ0n) is 28.4. The third-order valence-corrected chi connectivity index (χ3v) is 9.41. The SMILES string of the molecule is C[C@@H]1CN(CC(=O)N2CC(C)(C)c3cnc(Cc4ccc(F)cc4)cc32)[C@H](C(=O)N2Cc3ccc(F)cc3C2)CN1C(=O)OC(C)(C)C. The molecule has 48 heavy (non-hydrogen) atoms. The molecule has 11 heteroatoms. The summed E-state index contributed by atoms with van der Waals surface area (Å²) in [6.45, 7) is 12.7. The quantitative estimate of drug-likeness (QED) is 0.364. The first kappa shape index (κ1) is 33.5. The number of piperazine rings is 1. The van der Waals surface area contributed by atoms with Crippen LogP contribution in [-0.2, 0) is 39.3 Å². The molecule has 1 saturated heterocycles. The molecule has 0 saturated carbocycles. The van der Waals surface area contributed by atoms with Crippen LogP contribution < -0.4 is 4.90 Å². The highest BCUT2D eigenvalue weighted by Crippen LogP contribution is 2.41. The van der Waals surface area contributed by atoms with E-state index in [0.29, 0.717) is 19.5 Å². The first-order valence-corrected chi connectivity index (χ1v) is 16.4. The predicted molar refractivity (Wildman–Crippen MR) is 177 cm³/mol. The monoisotopic (exact) mass is 659 g/mol. The van der Waals surface area contributed by atoms with Crippen molar-refractivity contribution in [2.45, 2.75) is 84.2 Å². The first-order chi connectivity index (χ1) is 22.6. The number of fused-ring (bicyclic) bond motifs is 2. The smallest absolute Gasteiger partial charge is 0.410 e. The molecule has 3 amide bonds. The number of benzene rings is 2. The van der Waals surface area contributed by atoms with Gasteiger partial charge in [0.1, 0.15) is 23.3 Å². The largest absolute Gasteiger partial charge is 0.444 e. The van der Waals surface area contributed by atoms with Gasteiger partial charge in [0.2, 0.25) is 11.8 Å². The van der Waals surface area contributed by atoms with Crippen LogP contribution in [0.5, 0.6) is 0 Å². The molecular weight excluding hydrogens is 616 g/mol. The molecule has 1 fully saturated rings. The van der Waals surface area contributed by atoms with E-state index in [1.807, 2.05) is 24.1 Å². The summed E-state index contributed by atoms with van der Waals surface area (Å²) in [4.78, 5) is 53.3. The molecule has 0 aliphatic carbocycles. The summed E-state index contributed by atoms with van der Waals surface area (Å²) in [6.07, 6.45) is 1.80. The lowest BCUT2D eigenvalue weighted by atomic mass is 9.88. The van der Waals surface area contributed by atoms with Gasteiger partial charge in [-0.25, -0.2) is 13.6 Å². The van der Waals surface area contributed by atoms with Crippen molar-refractivity contribution in [1.29, 1.82) is 0 Å². The third kappa shape index (κ3) is 6.92. The Morgan fingerprint density at radius 1 is 0.958 bits per heavy atom. The zero-order chi connectivity index (χ0) is 34.5. The Balaban J connectivity index is 1.25. The molecule has 3 aliphatic rings. The van der Waals surface area contributed by atoms with E-state index in [1.165, 1.54) is 24.3 Å². The van der Waals surface area contributed by atoms with Crippen LogP contribution in [0.25, 0.3) is 0 Å². The Bertz CT molecular complexity index is 1740. The van der Waals surface area contributed by atoms with Crippen molar-refractivity contribution in [3.63, 3.8) is 0 Å². The number of carbonyl (C=O) groups is 3. The van der Waals surface area contributed by atoms with Gasteiger partial charge in [0.15, 0.2) is 0 Å². The molecule has 3 aliphatic heterocycles. The van der Waals surface area contributed by atoms with Gasteiger partial charge < -0.3 is 19.4 Å². The molecule has 2 atom stereocenters. The molecule has 0 bridgehead atoms. The fourth-order valence-corrected chi connectivity index (χ4v) is 6.95. The average Bonchev–Trinajstić information content (AvgIpc) is 3.54. The maximum absolute atomic E-state index is 14.2. The molecule has 0 spiro atoms. The summed E-state index contributed by atoms with van der Waals surface area (Å²) in [6, 6.07) is 11.6. The van der Waals surface area contributed by atoms with Crippen LogP contribution in [-0.4, -0.2) is 81.5 Å². The topological polar surface area (TPSA) is 86.3 Å². The number of rotatable bonds is 5. The van der Waals surface area contributed by atoms with Gasteiger partial charge in [-0.1, -0.05) is 32.0 Å². The number of ether oxygens (including phenoxy) is 1. The Morgan fingerprint density at radius 3 is 2.35 bits per heavy atom. The second kappa shape index (κ2) is 12.6. The summed E-state index contributed by atoms with van der Waals surface area (Å²) in [5, 5.41) is 0. The van der Waals surface area contributed by atoms with Crippen molar-refractivity contribution < 1.29 is 27.9 Å². The minimum atomic E-state index is -0.807. The summed E-state index contributed by atoms with van der Waals surface area (Å²) in [5.74, 6) is -1.06. The predicted octanol–water partition coefficient (Wildman–Crippen LogP) is 5.43. The van der Waals surface area contributed by atoms with Gasteiger partial charge in [-0.15, -0.1) is 0 Å². The Hall–Kier alpha value is -4.38. The van der Waals surface area contributed by atoms with Crippen LogP contribution in [0.15, 0.2) is 54.7 Å². The molecule has 0 N–H and O–H groups in total. The number of amides is 3. The lowest BCUT2D eigenvalue weighted by Gasteiger charge is -2.45. The van der Waals surface area contributed by atoms with Crippen LogP contribution >= 0.6 is 0 Å². The highest BCUT2D eigenvalue weighted by atomic mass is 19.1. The van der Waals surface area contributed by atoms with Gasteiger partial charge in [-0.3, -0.25) is 19.5 Å². The average molecular weight is 660 g/mol. The van der Waals surface area contributed by atoms with Crippen molar-refractivity contribution in [3.05, 3.63) is 94.3 Å². The fraction of sp³-hybridized carbons (Fsp3) is 0.459. The van der Waals surface area contributed by atoms with Crippen molar-refractivity contribution in [2.24, 2.45) is 0 Å². The van der Waals surface area contributed by atoms with Crippen LogP contribution in [0, 0.1) is 11.6 Å². The van der Waals surface area contributed by atoms with Gasteiger partial charge in [-0.2, -0.15) is 0 Å². The van der Waals surface area contributed by atoms with Crippen LogP contribution in [0.2, 0.25) is 0 Å². The van der Waals surface area contributed by atoms with E-state index in [0.717, 1.165) is 33.6 Å². The molecular formula is C37H43F2N5O4. The molecule has 3 aromatic rings. The van der Waals surface area contributed by atoms with Crippen LogP contribution in [0.4, 0.5) is 19.3 Å². The van der Waals surface area contributed by atoms with E-state index in [9.17, 15) is 23.2 Å². The number of carbonyl (C=O) groups excluding carboxylic acids is 3. The minimum Gasteiger partial charge on any atom is -0.444 e. The molecule has 4 heterocycles. The fourth-order valence-electron chi connectivity index (χ4n) is 6.95. The number of pyridine rings is 1. The van der Waals surface area contributed by atoms with E-state index in [1.54, 1.807) is 53.7 Å². The summed E-state index contributed by atoms with van der Waals surface area (Å²) < 4.78 is 33.2. The lowest BCUT2D eigenvalue weighted by Crippen LogP contribution is -2.64. The number of hydrogen-bond acceptors (Lipinski definition) is 6. The van der Waals surface area contributed by atoms with Gasteiger partial charge in [-0.05, 0) is 74.7 Å². The van der Waals surface area contributed by atoms with Gasteiger partial charge in [0.25, 0.3) is 0 Å². The normalized spacial score (nSPS) is 20.5. The Morgan fingerprint density at radius 2 is 1.65 bits per heavy atom. The maximum atomic E-state index is 14.2. The van der Waals surface area contributed by atoms with Gasteiger partial charge in [0, 0.05) is 68.1 Å². The van der Waals surface area contributed by atoms with Gasteiger partial charge >= 0.3 is 6.09 Å². The van der Waals surface area contributed by atoms with E-state index >= 15 is 0 Å². The van der Waals surface area contributed by atoms with E-state index in [-0.39, 0.29) is 61.1 Å². The molecule has 0 radical (unpaired) electrons. The maximum Gasteiger partial charge on any atom is 0.410 e. The van der Waals surface area contributed by atoms with Crippen molar-refractivity contribution in [1.82, 2.24) is 19.7 Å². The lowest BCUT2D eigenvalue weighted by molar-refractivity contribution is -0.142. The summed E-state index contributed by atoms with van der Waals surface area (Å²) in [5.41, 5.74) is 3.96. The van der Waals surface area contributed by atoms with E-state index in [4.69, 9.17) is 4.74 Å². The van der Waals surface area contributed by atoms with Gasteiger partial charge in [0.05, 0.1) is 12.2 Å². The molecule has 2 aromatic carbocycles. The van der Waals surface area contributed by atoms with Crippen molar-refractivity contribution >= 4 is 23.6 Å². The highest BCUT2D eigenvalue weighted by molar-refractivity contribution is 5.98. The number of nitrogens with zero attached hydrogens (tertiary/aromatic N) is 5. The van der Waals surface area contributed by atoms with E-state index < -0.39 is 17.7 Å². The Kier molecular flexibility index (Phi) is 8.78. The third-order valence-electron chi connectivity index (χ3n) is 9.41. The molecule has 1 aromatic heterocycles. The summed E-state index contributed by atoms with van der Waals surface area (Å²) >= 11 is 0. The highest BCUT2D eigenvalue weighted by Gasteiger charge is 2.45.